The van der Waals surface area contributed by atoms with Gasteiger partial charge in [0.1, 0.15) is 17.5 Å². The van der Waals surface area contributed by atoms with Crippen LogP contribution < -0.4 is 5.73 Å². The molecule has 0 radical (unpaired) electrons. The zero-order valence-corrected chi connectivity index (χ0v) is 13.5. The first-order chi connectivity index (χ1) is 10.6. The minimum Gasteiger partial charge on any atom is -0.383 e. The number of nitriles is 1. The molecular formula is C17H13BrN4. The lowest BCUT2D eigenvalue weighted by Gasteiger charge is -2.11. The van der Waals surface area contributed by atoms with E-state index in [1.807, 2.05) is 60.3 Å². The summed E-state index contributed by atoms with van der Waals surface area (Å²) < 4.78 is 2.93. The van der Waals surface area contributed by atoms with Crippen LogP contribution in [0.3, 0.4) is 0 Å². The van der Waals surface area contributed by atoms with Crippen LogP contribution in [-0.2, 0) is 7.05 Å². The first-order valence-corrected chi connectivity index (χ1v) is 7.47. The van der Waals surface area contributed by atoms with Crippen molar-refractivity contribution >= 4 is 21.7 Å². The van der Waals surface area contributed by atoms with Crippen molar-refractivity contribution in [1.82, 2.24) is 9.55 Å². The molecule has 0 atom stereocenters. The largest absolute Gasteiger partial charge is 0.383 e. The predicted octanol–water partition coefficient (Wildman–Crippen LogP) is 3.97. The molecule has 0 saturated carbocycles. The number of nitrogens with two attached hydrogens (primary N) is 1. The minimum atomic E-state index is 0.246. The van der Waals surface area contributed by atoms with E-state index in [2.05, 4.69) is 27.0 Å². The number of nitrogen functional groups attached to an aromatic ring is 1. The van der Waals surface area contributed by atoms with Gasteiger partial charge in [-0.15, -0.1) is 0 Å². The average molecular weight is 353 g/mol. The Balaban J connectivity index is 2.26. The van der Waals surface area contributed by atoms with Crippen LogP contribution in [0, 0.1) is 11.3 Å². The molecule has 0 bridgehead atoms. The SMILES string of the molecule is Cn1cccc1-c1cc(-c2cccc(Br)c2)nc(N)c1C#N. The van der Waals surface area contributed by atoms with Crippen molar-refractivity contribution in [2.75, 3.05) is 5.73 Å². The van der Waals surface area contributed by atoms with Gasteiger partial charge in [0.25, 0.3) is 0 Å². The molecule has 108 valence electrons. The Kier molecular flexibility index (Phi) is 3.70. The number of pyridine rings is 1. The molecule has 0 aliphatic rings. The highest BCUT2D eigenvalue weighted by Crippen LogP contribution is 2.31. The van der Waals surface area contributed by atoms with Crippen molar-refractivity contribution in [3.8, 4) is 28.6 Å². The van der Waals surface area contributed by atoms with Gasteiger partial charge in [-0.2, -0.15) is 5.26 Å². The molecule has 2 N–H and O–H groups in total. The zero-order valence-electron chi connectivity index (χ0n) is 11.9. The Morgan fingerprint density at radius 3 is 2.68 bits per heavy atom. The number of nitrogens with zero attached hydrogens (tertiary/aromatic N) is 3. The Morgan fingerprint density at radius 1 is 1.23 bits per heavy atom. The average Bonchev–Trinajstić information content (AvgIpc) is 2.92. The van der Waals surface area contributed by atoms with Gasteiger partial charge in [-0.1, -0.05) is 28.1 Å². The first-order valence-electron chi connectivity index (χ1n) is 6.68. The van der Waals surface area contributed by atoms with Gasteiger partial charge in [0.05, 0.1) is 5.69 Å². The molecule has 0 unspecified atom stereocenters. The second-order valence-electron chi connectivity index (χ2n) is 4.94. The summed E-state index contributed by atoms with van der Waals surface area (Å²) in [5.74, 6) is 0.246. The molecule has 2 heterocycles. The van der Waals surface area contributed by atoms with E-state index >= 15 is 0 Å². The normalized spacial score (nSPS) is 10.4. The lowest BCUT2D eigenvalue weighted by Crippen LogP contribution is -2.01. The van der Waals surface area contributed by atoms with E-state index in [0.717, 1.165) is 27.0 Å². The molecule has 0 amide bonds. The summed E-state index contributed by atoms with van der Waals surface area (Å²) in [5, 5.41) is 9.41. The molecule has 4 nitrogen and oxygen atoms in total. The molecule has 22 heavy (non-hydrogen) atoms. The minimum absolute atomic E-state index is 0.246. The molecule has 0 fully saturated rings. The maximum Gasteiger partial charge on any atom is 0.142 e. The van der Waals surface area contributed by atoms with Gasteiger partial charge >= 0.3 is 0 Å². The van der Waals surface area contributed by atoms with Crippen LogP contribution in [0.2, 0.25) is 0 Å². The van der Waals surface area contributed by atoms with E-state index < -0.39 is 0 Å². The Morgan fingerprint density at radius 2 is 2.05 bits per heavy atom. The molecule has 3 rings (SSSR count). The van der Waals surface area contributed by atoms with Crippen LogP contribution in [-0.4, -0.2) is 9.55 Å². The predicted molar refractivity (Wildman–Crippen MR) is 90.9 cm³/mol. The smallest absolute Gasteiger partial charge is 0.142 e. The van der Waals surface area contributed by atoms with Gasteiger partial charge in [0.15, 0.2) is 0 Å². The van der Waals surface area contributed by atoms with E-state index in [4.69, 9.17) is 5.73 Å². The van der Waals surface area contributed by atoms with Crippen LogP contribution >= 0.6 is 15.9 Å². The third-order valence-electron chi connectivity index (χ3n) is 3.50. The molecule has 5 heteroatoms. The summed E-state index contributed by atoms with van der Waals surface area (Å²) in [5.41, 5.74) is 9.82. The fraction of sp³-hybridized carbons (Fsp3) is 0.0588. The molecule has 0 saturated heterocycles. The van der Waals surface area contributed by atoms with Crippen LogP contribution in [0.25, 0.3) is 22.5 Å². The van der Waals surface area contributed by atoms with E-state index in [1.54, 1.807) is 0 Å². The lowest BCUT2D eigenvalue weighted by atomic mass is 10.0. The van der Waals surface area contributed by atoms with Gasteiger partial charge < -0.3 is 10.3 Å². The summed E-state index contributed by atoms with van der Waals surface area (Å²) in [6, 6.07) is 15.8. The van der Waals surface area contributed by atoms with Crippen molar-refractivity contribution in [3.63, 3.8) is 0 Å². The zero-order chi connectivity index (χ0) is 15.7. The second kappa shape index (κ2) is 5.66. The van der Waals surface area contributed by atoms with Gasteiger partial charge in [0, 0.05) is 34.5 Å². The van der Waals surface area contributed by atoms with Crippen LogP contribution in [0.5, 0.6) is 0 Å². The van der Waals surface area contributed by atoms with Crippen LogP contribution in [0.4, 0.5) is 5.82 Å². The molecule has 0 spiro atoms. The molecular weight excluding hydrogens is 340 g/mol. The van der Waals surface area contributed by atoms with E-state index in [1.165, 1.54) is 0 Å². The Hall–Kier alpha value is -2.58. The number of aromatic nitrogens is 2. The van der Waals surface area contributed by atoms with Gasteiger partial charge in [-0.05, 0) is 30.3 Å². The summed E-state index contributed by atoms with van der Waals surface area (Å²) in [7, 11) is 1.94. The van der Waals surface area contributed by atoms with Crippen LogP contribution in [0.15, 0.2) is 53.1 Å². The number of halogens is 1. The summed E-state index contributed by atoms with van der Waals surface area (Å²) in [6.07, 6.45) is 1.94. The Bertz CT molecular complexity index is 890. The fourth-order valence-corrected chi connectivity index (χ4v) is 2.82. The van der Waals surface area contributed by atoms with Crippen LogP contribution in [0.1, 0.15) is 5.56 Å². The quantitative estimate of drug-likeness (QED) is 0.758. The van der Waals surface area contributed by atoms with Gasteiger partial charge in [-0.25, -0.2) is 4.98 Å². The number of benzene rings is 1. The van der Waals surface area contributed by atoms with Crippen molar-refractivity contribution in [2.24, 2.45) is 7.05 Å². The van der Waals surface area contributed by atoms with Crippen molar-refractivity contribution in [2.45, 2.75) is 0 Å². The number of hydrogen-bond acceptors (Lipinski definition) is 3. The highest BCUT2D eigenvalue weighted by atomic mass is 79.9. The van der Waals surface area contributed by atoms with Gasteiger partial charge in [-0.3, -0.25) is 0 Å². The number of aryl methyl sites for hydroxylation is 1. The highest BCUT2D eigenvalue weighted by Gasteiger charge is 2.15. The maximum absolute atomic E-state index is 9.41. The standard InChI is InChI=1S/C17H13BrN4/c1-22-7-3-6-16(22)13-9-15(21-17(20)14(13)10-19)11-4-2-5-12(18)8-11/h2-9H,1H3,(H2,20,21). The third-order valence-corrected chi connectivity index (χ3v) is 3.99. The summed E-state index contributed by atoms with van der Waals surface area (Å²) in [6.45, 7) is 0. The first kappa shape index (κ1) is 14.4. The van der Waals surface area contributed by atoms with Crippen molar-refractivity contribution in [3.05, 3.63) is 58.7 Å². The van der Waals surface area contributed by atoms with Crippen molar-refractivity contribution < 1.29 is 0 Å². The molecule has 3 aromatic rings. The fourth-order valence-electron chi connectivity index (χ4n) is 2.42. The Labute approximate surface area is 137 Å². The topological polar surface area (TPSA) is 67.6 Å². The second-order valence-corrected chi connectivity index (χ2v) is 5.86. The van der Waals surface area contributed by atoms with E-state index in [-0.39, 0.29) is 5.82 Å². The summed E-state index contributed by atoms with van der Waals surface area (Å²) in [4.78, 5) is 4.38. The number of anilines is 1. The highest BCUT2D eigenvalue weighted by molar-refractivity contribution is 9.10. The van der Waals surface area contributed by atoms with E-state index in [9.17, 15) is 5.26 Å². The molecule has 1 aromatic carbocycles. The third kappa shape index (κ3) is 2.49. The molecule has 0 aliphatic heterocycles. The lowest BCUT2D eigenvalue weighted by molar-refractivity contribution is 0.936. The van der Waals surface area contributed by atoms with Gasteiger partial charge in [0.2, 0.25) is 0 Å². The number of rotatable bonds is 2. The number of hydrogen-bond donors (Lipinski definition) is 1. The molecule has 0 aliphatic carbocycles. The van der Waals surface area contributed by atoms with E-state index in [0.29, 0.717) is 5.56 Å². The maximum atomic E-state index is 9.41. The molecule has 2 aromatic heterocycles. The van der Waals surface area contributed by atoms with Crippen molar-refractivity contribution in [1.29, 1.82) is 5.26 Å². The summed E-state index contributed by atoms with van der Waals surface area (Å²) >= 11 is 3.46. The monoisotopic (exact) mass is 352 g/mol.